The number of carbonyl (C=O) groups is 2. The minimum Gasteiger partial charge on any atom is -0.342 e. The number of nitrogens with one attached hydrogen (secondary N) is 1. The van der Waals surface area contributed by atoms with E-state index in [1.165, 1.54) is 12.0 Å². The van der Waals surface area contributed by atoms with Crippen molar-refractivity contribution in [1.82, 2.24) is 10.4 Å². The Morgan fingerprint density at radius 2 is 2.10 bits per heavy atom. The molecule has 3 rings (SSSR count). The summed E-state index contributed by atoms with van der Waals surface area (Å²) in [6, 6.07) is 9.33. The van der Waals surface area contributed by atoms with Gasteiger partial charge in [0, 0.05) is 6.92 Å². The van der Waals surface area contributed by atoms with Crippen molar-refractivity contribution in [2.45, 2.75) is 44.4 Å². The number of amides is 2. The molecule has 2 aliphatic rings. The molecule has 20 heavy (non-hydrogen) atoms. The molecule has 1 heterocycles. The summed E-state index contributed by atoms with van der Waals surface area (Å²) in [6.07, 6.45) is 2.84. The van der Waals surface area contributed by atoms with Gasteiger partial charge >= 0.3 is 0 Å². The van der Waals surface area contributed by atoms with Crippen LogP contribution in [0.3, 0.4) is 0 Å². The minimum absolute atomic E-state index is 0.143. The van der Waals surface area contributed by atoms with Gasteiger partial charge in [0.05, 0.1) is 5.54 Å². The van der Waals surface area contributed by atoms with Crippen molar-refractivity contribution in [3.8, 4) is 0 Å². The molecule has 1 spiro atoms. The van der Waals surface area contributed by atoms with Crippen LogP contribution in [0.15, 0.2) is 30.3 Å². The van der Waals surface area contributed by atoms with Crippen molar-refractivity contribution in [1.29, 1.82) is 0 Å². The van der Waals surface area contributed by atoms with Gasteiger partial charge in [0.15, 0.2) is 0 Å². The molecule has 0 aromatic heterocycles. The topological polar surface area (TPSA) is 58.6 Å². The molecule has 1 aliphatic heterocycles. The molecule has 1 saturated carbocycles. The summed E-state index contributed by atoms with van der Waals surface area (Å²) in [5.41, 5.74) is 0.718. The SMILES string of the molecule is CC(=O)NC1C(=O)N(OCc2ccccc2)C12CCC2. The van der Waals surface area contributed by atoms with Crippen LogP contribution >= 0.6 is 0 Å². The number of hydrogen-bond donors (Lipinski definition) is 1. The molecule has 0 radical (unpaired) electrons. The largest absolute Gasteiger partial charge is 0.342 e. The van der Waals surface area contributed by atoms with E-state index < -0.39 is 6.04 Å². The molecule has 1 N–H and O–H groups in total. The number of carbonyl (C=O) groups excluding carboxylic acids is 2. The van der Waals surface area contributed by atoms with Crippen molar-refractivity contribution < 1.29 is 14.4 Å². The van der Waals surface area contributed by atoms with Crippen LogP contribution in [0.2, 0.25) is 0 Å². The Morgan fingerprint density at radius 1 is 1.40 bits per heavy atom. The highest BCUT2D eigenvalue weighted by molar-refractivity contribution is 5.94. The van der Waals surface area contributed by atoms with Crippen molar-refractivity contribution in [2.75, 3.05) is 0 Å². The molecular weight excluding hydrogens is 256 g/mol. The van der Waals surface area contributed by atoms with E-state index >= 15 is 0 Å². The first-order valence-corrected chi connectivity index (χ1v) is 6.91. The zero-order valence-electron chi connectivity index (χ0n) is 11.5. The smallest absolute Gasteiger partial charge is 0.271 e. The molecule has 1 unspecified atom stereocenters. The zero-order valence-corrected chi connectivity index (χ0v) is 11.5. The standard InChI is InChI=1S/C15H18N2O3/c1-11(18)16-13-14(19)17(15(13)8-5-9-15)20-10-12-6-3-2-4-7-12/h2-4,6-7,13H,5,8-10H2,1H3,(H,16,18). The molecule has 1 aromatic rings. The highest BCUT2D eigenvalue weighted by atomic mass is 16.7. The first kappa shape index (κ1) is 13.1. The molecule has 5 nitrogen and oxygen atoms in total. The predicted molar refractivity (Wildman–Crippen MR) is 72.3 cm³/mol. The van der Waals surface area contributed by atoms with E-state index in [-0.39, 0.29) is 17.4 Å². The number of β-lactam (4-membered cyclic amide) rings is 1. The Labute approximate surface area is 117 Å². The summed E-state index contributed by atoms with van der Waals surface area (Å²) in [4.78, 5) is 29.0. The Bertz CT molecular complexity index is 525. The fourth-order valence-electron chi connectivity index (χ4n) is 2.95. The third-order valence-electron chi connectivity index (χ3n) is 4.16. The van der Waals surface area contributed by atoms with E-state index in [1.807, 2.05) is 30.3 Å². The molecule has 1 saturated heterocycles. The van der Waals surface area contributed by atoms with Crippen LogP contribution in [-0.4, -0.2) is 28.5 Å². The van der Waals surface area contributed by atoms with E-state index in [0.717, 1.165) is 24.8 Å². The summed E-state index contributed by atoms with van der Waals surface area (Å²) < 4.78 is 0. The summed E-state index contributed by atoms with van der Waals surface area (Å²) in [7, 11) is 0. The molecule has 1 aromatic carbocycles. The lowest BCUT2D eigenvalue weighted by Crippen LogP contribution is -2.81. The van der Waals surface area contributed by atoms with Gasteiger partial charge in [-0.2, -0.15) is 0 Å². The van der Waals surface area contributed by atoms with Gasteiger partial charge in [-0.3, -0.25) is 14.4 Å². The Morgan fingerprint density at radius 3 is 2.65 bits per heavy atom. The second-order valence-electron chi connectivity index (χ2n) is 5.48. The summed E-state index contributed by atoms with van der Waals surface area (Å²) in [5.74, 6) is -0.312. The maximum atomic E-state index is 12.1. The molecule has 106 valence electrons. The van der Waals surface area contributed by atoms with Crippen molar-refractivity contribution in [3.63, 3.8) is 0 Å². The molecule has 2 amide bonds. The van der Waals surface area contributed by atoms with E-state index in [9.17, 15) is 9.59 Å². The average Bonchev–Trinajstić information content (AvgIpc) is 2.39. The second kappa shape index (κ2) is 4.90. The van der Waals surface area contributed by atoms with Crippen molar-refractivity contribution in [2.24, 2.45) is 0 Å². The fraction of sp³-hybridized carbons (Fsp3) is 0.467. The van der Waals surface area contributed by atoms with E-state index in [2.05, 4.69) is 5.32 Å². The zero-order chi connectivity index (χ0) is 14.2. The van der Waals surface area contributed by atoms with Crippen LogP contribution < -0.4 is 5.32 Å². The number of benzene rings is 1. The van der Waals surface area contributed by atoms with Crippen LogP contribution in [0, 0.1) is 0 Å². The third kappa shape index (κ3) is 1.98. The number of hydrogen-bond acceptors (Lipinski definition) is 3. The molecule has 1 aliphatic carbocycles. The Balaban J connectivity index is 1.65. The molecule has 0 bridgehead atoms. The van der Waals surface area contributed by atoms with Gasteiger partial charge in [-0.15, -0.1) is 0 Å². The number of hydroxylamine groups is 2. The van der Waals surface area contributed by atoms with Crippen LogP contribution in [0.4, 0.5) is 0 Å². The quantitative estimate of drug-likeness (QED) is 0.844. The monoisotopic (exact) mass is 274 g/mol. The fourth-order valence-corrected chi connectivity index (χ4v) is 2.95. The maximum absolute atomic E-state index is 12.1. The lowest BCUT2D eigenvalue weighted by atomic mass is 9.65. The van der Waals surface area contributed by atoms with Gasteiger partial charge in [0.2, 0.25) is 5.91 Å². The normalized spacial score (nSPS) is 23.1. The summed E-state index contributed by atoms with van der Waals surface area (Å²) in [5, 5.41) is 4.22. The summed E-state index contributed by atoms with van der Waals surface area (Å²) >= 11 is 0. The van der Waals surface area contributed by atoms with Crippen LogP contribution in [0.25, 0.3) is 0 Å². The maximum Gasteiger partial charge on any atom is 0.271 e. The van der Waals surface area contributed by atoms with Gasteiger partial charge in [0.1, 0.15) is 12.6 Å². The van der Waals surface area contributed by atoms with Crippen molar-refractivity contribution >= 4 is 11.8 Å². The molecule has 1 atom stereocenters. The van der Waals surface area contributed by atoms with Crippen LogP contribution in [0.1, 0.15) is 31.7 Å². The first-order chi connectivity index (χ1) is 9.63. The predicted octanol–water partition coefficient (Wildman–Crippen LogP) is 1.39. The van der Waals surface area contributed by atoms with E-state index in [1.54, 1.807) is 0 Å². The lowest BCUT2D eigenvalue weighted by Gasteiger charge is -2.60. The molecule has 5 heteroatoms. The van der Waals surface area contributed by atoms with Gasteiger partial charge in [-0.25, -0.2) is 5.06 Å². The van der Waals surface area contributed by atoms with Gasteiger partial charge in [-0.1, -0.05) is 30.3 Å². The average molecular weight is 274 g/mol. The highest BCUT2D eigenvalue weighted by Crippen LogP contribution is 2.48. The Hall–Kier alpha value is -1.88. The van der Waals surface area contributed by atoms with Gasteiger partial charge < -0.3 is 5.32 Å². The second-order valence-corrected chi connectivity index (χ2v) is 5.48. The molecule has 2 fully saturated rings. The van der Waals surface area contributed by atoms with Crippen LogP contribution in [-0.2, 0) is 21.0 Å². The van der Waals surface area contributed by atoms with E-state index in [0.29, 0.717) is 6.61 Å². The Kier molecular flexibility index (Phi) is 3.22. The number of rotatable bonds is 4. The molecular formula is C15H18N2O3. The van der Waals surface area contributed by atoms with Gasteiger partial charge in [0.25, 0.3) is 5.91 Å². The van der Waals surface area contributed by atoms with E-state index in [4.69, 9.17) is 4.84 Å². The van der Waals surface area contributed by atoms with Crippen LogP contribution in [0.5, 0.6) is 0 Å². The first-order valence-electron chi connectivity index (χ1n) is 6.91. The highest BCUT2D eigenvalue weighted by Gasteiger charge is 2.64. The third-order valence-corrected chi connectivity index (χ3v) is 4.16. The minimum atomic E-state index is -0.412. The number of nitrogens with zero attached hydrogens (tertiary/aromatic N) is 1. The lowest BCUT2D eigenvalue weighted by molar-refractivity contribution is -0.287. The van der Waals surface area contributed by atoms with Crippen molar-refractivity contribution in [3.05, 3.63) is 35.9 Å². The van der Waals surface area contributed by atoms with Gasteiger partial charge in [-0.05, 0) is 24.8 Å². The summed E-state index contributed by atoms with van der Waals surface area (Å²) in [6.45, 7) is 1.81.